The van der Waals surface area contributed by atoms with E-state index < -0.39 is 0 Å². The van der Waals surface area contributed by atoms with Gasteiger partial charge in [-0.15, -0.1) is 11.6 Å². The van der Waals surface area contributed by atoms with Crippen LogP contribution in [-0.2, 0) is 12.3 Å². The molecular formula is C17H17ClFN. The van der Waals surface area contributed by atoms with E-state index in [0.29, 0.717) is 11.5 Å². The highest BCUT2D eigenvalue weighted by molar-refractivity contribution is 6.17. The minimum absolute atomic E-state index is 0.190. The maximum atomic E-state index is 14.0. The first kappa shape index (κ1) is 13.4. The van der Waals surface area contributed by atoms with Gasteiger partial charge in [0.25, 0.3) is 0 Å². The summed E-state index contributed by atoms with van der Waals surface area (Å²) in [6.07, 6.45) is 1.07. The molecule has 1 nitrogen and oxygen atoms in total. The van der Waals surface area contributed by atoms with Crippen molar-refractivity contribution in [3.63, 3.8) is 0 Å². The molecule has 0 N–H and O–H groups in total. The molecule has 0 fully saturated rings. The Morgan fingerprint density at radius 3 is 2.70 bits per heavy atom. The van der Waals surface area contributed by atoms with E-state index in [1.807, 2.05) is 12.1 Å². The molecule has 1 aliphatic heterocycles. The van der Waals surface area contributed by atoms with E-state index in [1.165, 1.54) is 17.3 Å². The molecule has 3 heteroatoms. The Morgan fingerprint density at radius 2 is 1.90 bits per heavy atom. The summed E-state index contributed by atoms with van der Waals surface area (Å²) >= 11 is 5.95. The number of nitrogens with zero attached hydrogens (tertiary/aromatic N) is 1. The summed E-state index contributed by atoms with van der Waals surface area (Å²) in [5.41, 5.74) is 3.95. The molecule has 2 aromatic carbocycles. The maximum absolute atomic E-state index is 14.0. The third kappa shape index (κ3) is 2.29. The first-order chi connectivity index (χ1) is 9.70. The Hall–Kier alpha value is -1.54. The number of para-hydroxylation sites is 1. The van der Waals surface area contributed by atoms with E-state index in [4.69, 9.17) is 11.6 Å². The highest BCUT2D eigenvalue weighted by Crippen LogP contribution is 2.37. The summed E-state index contributed by atoms with van der Waals surface area (Å²) in [7, 11) is 0. The number of hydrogen-bond acceptors (Lipinski definition) is 1. The molecule has 0 spiro atoms. The quantitative estimate of drug-likeness (QED) is 0.711. The molecule has 1 unspecified atom stereocenters. The highest BCUT2D eigenvalue weighted by atomic mass is 35.5. The van der Waals surface area contributed by atoms with Gasteiger partial charge in [0.2, 0.25) is 0 Å². The molecular weight excluding hydrogens is 273 g/mol. The second-order valence-electron chi connectivity index (χ2n) is 5.42. The van der Waals surface area contributed by atoms with Crippen LogP contribution >= 0.6 is 11.6 Å². The van der Waals surface area contributed by atoms with Crippen LogP contribution in [0.3, 0.4) is 0 Å². The van der Waals surface area contributed by atoms with E-state index in [2.05, 4.69) is 30.0 Å². The monoisotopic (exact) mass is 289 g/mol. The van der Waals surface area contributed by atoms with E-state index >= 15 is 0 Å². The number of fused-ring (bicyclic) bond motifs is 1. The van der Waals surface area contributed by atoms with E-state index in [1.54, 1.807) is 6.07 Å². The van der Waals surface area contributed by atoms with Crippen LogP contribution in [0.4, 0.5) is 15.8 Å². The van der Waals surface area contributed by atoms with E-state index in [-0.39, 0.29) is 11.7 Å². The van der Waals surface area contributed by atoms with Crippen molar-refractivity contribution in [1.82, 2.24) is 0 Å². The Morgan fingerprint density at radius 1 is 1.15 bits per heavy atom. The lowest BCUT2D eigenvalue weighted by molar-refractivity contribution is 0.559. The predicted octanol–water partition coefficient (Wildman–Crippen LogP) is 4.89. The molecule has 0 aromatic heterocycles. The molecule has 1 aliphatic rings. The fourth-order valence-electron chi connectivity index (χ4n) is 2.96. The van der Waals surface area contributed by atoms with Crippen LogP contribution in [0.1, 0.15) is 18.1 Å². The zero-order valence-electron chi connectivity index (χ0n) is 11.4. The Bertz CT molecular complexity index is 626. The Labute approximate surface area is 124 Å². The van der Waals surface area contributed by atoms with Gasteiger partial charge in [-0.3, -0.25) is 0 Å². The standard InChI is InChI=1S/C17H17ClFN/c1-12-9-13-5-2-3-7-16(13)20(11-12)17-8-4-6-15(19)14(17)10-18/h2-8,12H,9-11H2,1H3. The Balaban J connectivity index is 2.13. The molecule has 3 rings (SSSR count). The molecule has 0 radical (unpaired) electrons. The van der Waals surface area contributed by atoms with Crippen LogP contribution in [0.2, 0.25) is 0 Å². The molecule has 2 aromatic rings. The number of rotatable bonds is 2. The van der Waals surface area contributed by atoms with Crippen LogP contribution in [0.5, 0.6) is 0 Å². The number of alkyl halides is 1. The fourth-order valence-corrected chi connectivity index (χ4v) is 3.22. The molecule has 1 heterocycles. The zero-order valence-corrected chi connectivity index (χ0v) is 12.2. The van der Waals surface area contributed by atoms with Gasteiger partial charge in [0, 0.05) is 23.5 Å². The lowest BCUT2D eigenvalue weighted by atomic mass is 9.93. The van der Waals surface area contributed by atoms with Gasteiger partial charge >= 0.3 is 0 Å². The zero-order chi connectivity index (χ0) is 14.1. The third-order valence-electron chi connectivity index (χ3n) is 3.86. The van der Waals surface area contributed by atoms with Crippen molar-refractivity contribution < 1.29 is 4.39 Å². The van der Waals surface area contributed by atoms with E-state index in [0.717, 1.165) is 18.7 Å². The highest BCUT2D eigenvalue weighted by Gasteiger charge is 2.24. The van der Waals surface area contributed by atoms with Crippen molar-refractivity contribution >= 4 is 23.0 Å². The topological polar surface area (TPSA) is 3.24 Å². The SMILES string of the molecule is CC1Cc2ccccc2N(c2cccc(F)c2CCl)C1. The van der Waals surface area contributed by atoms with Crippen molar-refractivity contribution in [2.24, 2.45) is 5.92 Å². The first-order valence-electron chi connectivity index (χ1n) is 6.89. The molecule has 0 saturated carbocycles. The summed E-state index contributed by atoms with van der Waals surface area (Å²) in [5.74, 6) is 0.499. The lowest BCUT2D eigenvalue weighted by Crippen LogP contribution is -2.31. The smallest absolute Gasteiger partial charge is 0.129 e. The normalized spacial score (nSPS) is 17.9. The Kier molecular flexibility index (Phi) is 3.66. The van der Waals surface area contributed by atoms with Crippen LogP contribution in [0.15, 0.2) is 42.5 Å². The van der Waals surface area contributed by atoms with Crippen LogP contribution in [0.25, 0.3) is 0 Å². The van der Waals surface area contributed by atoms with Crippen molar-refractivity contribution in [3.05, 3.63) is 59.4 Å². The number of hydrogen-bond donors (Lipinski definition) is 0. The molecule has 0 bridgehead atoms. The summed E-state index contributed by atoms with van der Waals surface area (Å²) in [6.45, 7) is 3.12. The van der Waals surface area contributed by atoms with Gasteiger partial charge < -0.3 is 4.90 Å². The van der Waals surface area contributed by atoms with Gasteiger partial charge in [-0.05, 0) is 36.1 Å². The van der Waals surface area contributed by atoms with Crippen molar-refractivity contribution in [2.45, 2.75) is 19.2 Å². The largest absolute Gasteiger partial charge is 0.341 e. The van der Waals surface area contributed by atoms with Gasteiger partial charge in [0.15, 0.2) is 0 Å². The van der Waals surface area contributed by atoms with Gasteiger partial charge in [-0.1, -0.05) is 31.2 Å². The van der Waals surface area contributed by atoms with Crippen molar-refractivity contribution in [3.8, 4) is 0 Å². The van der Waals surface area contributed by atoms with Crippen LogP contribution in [0, 0.1) is 11.7 Å². The summed E-state index contributed by atoms with van der Waals surface area (Å²) in [6, 6.07) is 13.5. The third-order valence-corrected chi connectivity index (χ3v) is 4.13. The molecule has 0 aliphatic carbocycles. The predicted molar refractivity (Wildman–Crippen MR) is 82.3 cm³/mol. The fraction of sp³-hybridized carbons (Fsp3) is 0.294. The minimum Gasteiger partial charge on any atom is -0.341 e. The average molecular weight is 290 g/mol. The number of benzene rings is 2. The minimum atomic E-state index is -0.229. The summed E-state index contributed by atoms with van der Waals surface area (Å²) in [5, 5.41) is 0. The van der Waals surface area contributed by atoms with Crippen molar-refractivity contribution in [1.29, 1.82) is 0 Å². The van der Waals surface area contributed by atoms with Gasteiger partial charge in [-0.25, -0.2) is 4.39 Å². The van der Waals surface area contributed by atoms with Gasteiger partial charge in [0.1, 0.15) is 5.82 Å². The molecule has 0 amide bonds. The number of halogens is 2. The molecule has 104 valence electrons. The number of anilines is 2. The summed E-state index contributed by atoms with van der Waals surface area (Å²) < 4.78 is 14.0. The first-order valence-corrected chi connectivity index (χ1v) is 7.43. The second-order valence-corrected chi connectivity index (χ2v) is 5.69. The summed E-state index contributed by atoms with van der Waals surface area (Å²) in [4.78, 5) is 2.20. The molecule has 0 saturated heterocycles. The second kappa shape index (κ2) is 5.45. The van der Waals surface area contributed by atoms with Crippen molar-refractivity contribution in [2.75, 3.05) is 11.4 Å². The molecule has 20 heavy (non-hydrogen) atoms. The van der Waals surface area contributed by atoms with Gasteiger partial charge in [-0.2, -0.15) is 0 Å². The average Bonchev–Trinajstić information content (AvgIpc) is 2.46. The lowest BCUT2D eigenvalue weighted by Gasteiger charge is -2.36. The maximum Gasteiger partial charge on any atom is 0.129 e. The van der Waals surface area contributed by atoms with Crippen LogP contribution < -0.4 is 4.90 Å². The van der Waals surface area contributed by atoms with E-state index in [9.17, 15) is 4.39 Å². The molecule has 1 atom stereocenters. The van der Waals surface area contributed by atoms with Gasteiger partial charge in [0.05, 0.1) is 5.88 Å². The van der Waals surface area contributed by atoms with Crippen LogP contribution in [-0.4, -0.2) is 6.54 Å².